The zero-order valence-electron chi connectivity index (χ0n) is 14.5. The third-order valence-corrected chi connectivity index (χ3v) is 4.68. The van der Waals surface area contributed by atoms with Gasteiger partial charge >= 0.3 is 0 Å². The maximum atomic E-state index is 13.2. The topological polar surface area (TPSA) is 53.6 Å². The second-order valence-electron chi connectivity index (χ2n) is 6.43. The van der Waals surface area contributed by atoms with Crippen molar-refractivity contribution < 1.29 is 18.3 Å². The summed E-state index contributed by atoms with van der Waals surface area (Å²) in [6, 6.07) is 6.99. The molecular formula is C17H25Cl2F2N3O2. The highest BCUT2D eigenvalue weighted by atomic mass is 35.5. The maximum absolute atomic E-state index is 13.2. The van der Waals surface area contributed by atoms with Crippen LogP contribution in [-0.2, 0) is 9.53 Å². The molecule has 5 nitrogen and oxygen atoms in total. The van der Waals surface area contributed by atoms with E-state index in [0.29, 0.717) is 5.69 Å². The molecule has 148 valence electrons. The molecule has 2 fully saturated rings. The predicted octanol–water partition coefficient (Wildman–Crippen LogP) is 2.86. The van der Waals surface area contributed by atoms with Gasteiger partial charge in [0, 0.05) is 31.2 Å². The molecule has 0 radical (unpaired) electrons. The summed E-state index contributed by atoms with van der Waals surface area (Å²) < 4.78 is 31.7. The molecule has 2 N–H and O–H groups in total. The number of benzene rings is 1. The Labute approximate surface area is 164 Å². The van der Waals surface area contributed by atoms with Crippen molar-refractivity contribution >= 4 is 36.4 Å². The SMILES string of the molecule is CC(c1ccc(NC(=O)C2CC(F)(F)CN2)cc1)N1CCOCC1.Cl.Cl. The molecule has 1 aromatic carbocycles. The predicted molar refractivity (Wildman–Crippen MR) is 102 cm³/mol. The number of anilines is 1. The van der Waals surface area contributed by atoms with E-state index in [9.17, 15) is 13.6 Å². The first-order chi connectivity index (χ1) is 11.4. The molecule has 0 saturated carbocycles. The van der Waals surface area contributed by atoms with E-state index < -0.39 is 30.8 Å². The fourth-order valence-electron chi connectivity index (χ4n) is 3.15. The Kier molecular flexibility index (Phi) is 8.69. The highest BCUT2D eigenvalue weighted by Gasteiger charge is 2.42. The van der Waals surface area contributed by atoms with E-state index in [1.807, 2.05) is 24.3 Å². The smallest absolute Gasteiger partial charge is 0.262 e. The fourth-order valence-corrected chi connectivity index (χ4v) is 3.15. The molecular weight excluding hydrogens is 387 g/mol. The van der Waals surface area contributed by atoms with E-state index in [1.54, 1.807) is 0 Å². The number of rotatable bonds is 4. The van der Waals surface area contributed by atoms with Crippen LogP contribution in [0.1, 0.15) is 24.9 Å². The molecule has 0 aliphatic carbocycles. The van der Waals surface area contributed by atoms with Crippen LogP contribution in [0.15, 0.2) is 24.3 Å². The molecule has 2 aliphatic heterocycles. The normalized spacial score (nSPS) is 23.4. The molecule has 2 aliphatic rings. The van der Waals surface area contributed by atoms with E-state index in [0.717, 1.165) is 31.9 Å². The van der Waals surface area contributed by atoms with Crippen molar-refractivity contribution in [2.24, 2.45) is 0 Å². The number of morpholine rings is 1. The minimum absolute atomic E-state index is 0. The maximum Gasteiger partial charge on any atom is 0.262 e. The van der Waals surface area contributed by atoms with Crippen LogP contribution in [0.25, 0.3) is 0 Å². The number of hydrogen-bond donors (Lipinski definition) is 2. The summed E-state index contributed by atoms with van der Waals surface area (Å²) in [6.07, 6.45) is -0.453. The highest BCUT2D eigenvalue weighted by Crippen LogP contribution is 2.26. The molecule has 0 aromatic heterocycles. The van der Waals surface area contributed by atoms with Gasteiger partial charge in [-0.2, -0.15) is 0 Å². The van der Waals surface area contributed by atoms with Crippen LogP contribution >= 0.6 is 24.8 Å². The van der Waals surface area contributed by atoms with Gasteiger partial charge in [-0.1, -0.05) is 12.1 Å². The third-order valence-electron chi connectivity index (χ3n) is 4.68. The van der Waals surface area contributed by atoms with E-state index in [4.69, 9.17) is 4.74 Å². The zero-order valence-corrected chi connectivity index (χ0v) is 16.2. The molecule has 1 amide bonds. The van der Waals surface area contributed by atoms with Crippen LogP contribution in [0.3, 0.4) is 0 Å². The Morgan fingerprint density at radius 1 is 1.27 bits per heavy atom. The summed E-state index contributed by atoms with van der Waals surface area (Å²) in [5, 5.41) is 5.26. The minimum Gasteiger partial charge on any atom is -0.379 e. The van der Waals surface area contributed by atoms with Gasteiger partial charge in [-0.15, -0.1) is 24.8 Å². The Morgan fingerprint density at radius 2 is 1.88 bits per heavy atom. The van der Waals surface area contributed by atoms with Gasteiger partial charge in [0.15, 0.2) is 0 Å². The van der Waals surface area contributed by atoms with Crippen LogP contribution in [0.4, 0.5) is 14.5 Å². The summed E-state index contributed by atoms with van der Waals surface area (Å²) in [7, 11) is 0. The van der Waals surface area contributed by atoms with Crippen LogP contribution in [-0.4, -0.2) is 55.6 Å². The molecule has 26 heavy (non-hydrogen) atoms. The van der Waals surface area contributed by atoms with Gasteiger partial charge in [0.25, 0.3) is 5.92 Å². The molecule has 2 atom stereocenters. The highest BCUT2D eigenvalue weighted by molar-refractivity contribution is 5.95. The van der Waals surface area contributed by atoms with Crippen LogP contribution < -0.4 is 10.6 Å². The first kappa shape index (κ1) is 23.0. The van der Waals surface area contributed by atoms with Gasteiger partial charge < -0.3 is 10.1 Å². The monoisotopic (exact) mass is 411 g/mol. The standard InChI is InChI=1S/C17H23F2N3O2.2ClH/c1-12(22-6-8-24-9-7-22)13-2-4-14(5-3-13)21-16(23)15-10-17(18,19)11-20-15;;/h2-5,12,15,20H,6-11H2,1H3,(H,21,23);2*1H. The van der Waals surface area contributed by atoms with Gasteiger partial charge in [-0.3, -0.25) is 15.0 Å². The number of ether oxygens (including phenoxy) is 1. The zero-order chi connectivity index (χ0) is 17.2. The third kappa shape index (κ3) is 5.76. The molecule has 0 spiro atoms. The molecule has 2 unspecified atom stereocenters. The lowest BCUT2D eigenvalue weighted by Crippen LogP contribution is -2.38. The first-order valence-electron chi connectivity index (χ1n) is 8.28. The van der Waals surface area contributed by atoms with Crippen LogP contribution in [0, 0.1) is 0 Å². The summed E-state index contributed by atoms with van der Waals surface area (Å²) in [4.78, 5) is 14.4. The van der Waals surface area contributed by atoms with Crippen molar-refractivity contribution in [3.8, 4) is 0 Å². The van der Waals surface area contributed by atoms with Crippen molar-refractivity contribution in [2.45, 2.75) is 31.4 Å². The number of nitrogens with zero attached hydrogens (tertiary/aromatic N) is 1. The Morgan fingerprint density at radius 3 is 2.42 bits per heavy atom. The number of nitrogens with one attached hydrogen (secondary N) is 2. The quantitative estimate of drug-likeness (QED) is 0.799. The van der Waals surface area contributed by atoms with Crippen molar-refractivity contribution in [3.63, 3.8) is 0 Å². The molecule has 1 aromatic rings. The summed E-state index contributed by atoms with van der Waals surface area (Å²) in [6.45, 7) is 5.00. The van der Waals surface area contributed by atoms with Crippen molar-refractivity contribution in [2.75, 3.05) is 38.2 Å². The Hall–Kier alpha value is -0.990. The largest absolute Gasteiger partial charge is 0.379 e. The first-order valence-corrected chi connectivity index (χ1v) is 8.28. The van der Waals surface area contributed by atoms with E-state index in [-0.39, 0.29) is 30.9 Å². The minimum atomic E-state index is -2.81. The second-order valence-corrected chi connectivity index (χ2v) is 6.43. The number of amides is 1. The lowest BCUT2D eigenvalue weighted by molar-refractivity contribution is -0.118. The number of carbonyl (C=O) groups excluding carboxylic acids is 1. The molecule has 3 rings (SSSR count). The van der Waals surface area contributed by atoms with Crippen molar-refractivity contribution in [1.29, 1.82) is 0 Å². The lowest BCUT2D eigenvalue weighted by Gasteiger charge is -2.32. The van der Waals surface area contributed by atoms with Gasteiger partial charge in [0.1, 0.15) is 0 Å². The van der Waals surface area contributed by atoms with Gasteiger partial charge in [-0.05, 0) is 24.6 Å². The Bertz CT molecular complexity index is 584. The fraction of sp³-hybridized carbons (Fsp3) is 0.588. The number of carbonyl (C=O) groups is 1. The molecule has 9 heteroatoms. The second kappa shape index (κ2) is 9.80. The van der Waals surface area contributed by atoms with Gasteiger partial charge in [0.05, 0.1) is 25.8 Å². The Balaban J connectivity index is 0.00000169. The molecule has 0 bridgehead atoms. The lowest BCUT2D eigenvalue weighted by atomic mass is 10.1. The number of hydrogen-bond acceptors (Lipinski definition) is 4. The molecule has 2 heterocycles. The van der Waals surface area contributed by atoms with Gasteiger partial charge in [-0.25, -0.2) is 8.78 Å². The van der Waals surface area contributed by atoms with Gasteiger partial charge in [0.2, 0.25) is 5.91 Å². The number of alkyl halides is 2. The average molecular weight is 412 g/mol. The number of halogens is 4. The van der Waals surface area contributed by atoms with E-state index in [1.165, 1.54) is 0 Å². The van der Waals surface area contributed by atoms with E-state index >= 15 is 0 Å². The van der Waals surface area contributed by atoms with E-state index in [2.05, 4.69) is 22.5 Å². The summed E-state index contributed by atoms with van der Waals surface area (Å²) in [5.74, 6) is -3.22. The molecule has 2 saturated heterocycles. The summed E-state index contributed by atoms with van der Waals surface area (Å²) >= 11 is 0. The van der Waals surface area contributed by atoms with Crippen molar-refractivity contribution in [3.05, 3.63) is 29.8 Å². The summed E-state index contributed by atoms with van der Waals surface area (Å²) in [5.41, 5.74) is 1.77. The van der Waals surface area contributed by atoms with Crippen LogP contribution in [0.5, 0.6) is 0 Å². The average Bonchev–Trinajstić information content (AvgIpc) is 2.96. The van der Waals surface area contributed by atoms with Crippen molar-refractivity contribution in [1.82, 2.24) is 10.2 Å². The van der Waals surface area contributed by atoms with Crippen LogP contribution in [0.2, 0.25) is 0 Å².